The molecule has 0 atom stereocenters. The first-order chi connectivity index (χ1) is 9.38. The molecule has 2 heterocycles. The van der Waals surface area contributed by atoms with Crippen molar-refractivity contribution in [3.05, 3.63) is 11.9 Å². The fourth-order valence-corrected chi connectivity index (χ4v) is 3.38. The van der Waals surface area contributed by atoms with Crippen LogP contribution in [0.4, 0.5) is 11.6 Å². The molecule has 0 bridgehead atoms. The van der Waals surface area contributed by atoms with Crippen molar-refractivity contribution in [1.82, 2.24) is 9.97 Å². The van der Waals surface area contributed by atoms with Crippen LogP contribution in [0.2, 0.25) is 0 Å². The highest BCUT2D eigenvalue weighted by Gasteiger charge is 2.21. The Morgan fingerprint density at radius 2 is 1.85 bits per heavy atom. The molecule has 6 nitrogen and oxygen atoms in total. The number of aromatic nitrogens is 2. The van der Waals surface area contributed by atoms with E-state index in [0.717, 1.165) is 36.0 Å². The molecule has 112 valence electrons. The van der Waals surface area contributed by atoms with Gasteiger partial charge in [0.05, 0.1) is 0 Å². The summed E-state index contributed by atoms with van der Waals surface area (Å²) in [5.41, 5.74) is 2.44. The molecule has 1 aromatic heterocycles. The molecule has 0 unspecified atom stereocenters. The number of hydrogen-bond donors (Lipinski definition) is 3. The highest BCUT2D eigenvalue weighted by molar-refractivity contribution is 7.85. The molecule has 20 heavy (non-hydrogen) atoms. The second-order valence-electron chi connectivity index (χ2n) is 6.12. The van der Waals surface area contributed by atoms with Gasteiger partial charge < -0.3 is 10.7 Å². The lowest BCUT2D eigenvalue weighted by molar-refractivity contribution is 0.545. The van der Waals surface area contributed by atoms with Gasteiger partial charge in [0.1, 0.15) is 17.5 Å². The largest absolute Gasteiger partial charge is 0.367 e. The van der Waals surface area contributed by atoms with Crippen molar-refractivity contribution in [2.75, 3.05) is 22.2 Å². The molecule has 0 spiro atoms. The Bertz CT molecular complexity index is 490. The highest BCUT2D eigenvalue weighted by atomic mass is 32.2. The fourth-order valence-electron chi connectivity index (χ4n) is 2.08. The van der Waals surface area contributed by atoms with Crippen molar-refractivity contribution in [1.29, 1.82) is 0 Å². The van der Waals surface area contributed by atoms with E-state index in [0.29, 0.717) is 11.9 Å². The van der Waals surface area contributed by atoms with Crippen LogP contribution >= 0.6 is 0 Å². The monoisotopic (exact) mass is 297 g/mol. The summed E-state index contributed by atoms with van der Waals surface area (Å²) in [6.45, 7) is 6.20. The van der Waals surface area contributed by atoms with Crippen LogP contribution in [0.1, 0.15) is 39.4 Å². The first kappa shape index (κ1) is 15.2. The van der Waals surface area contributed by atoms with E-state index < -0.39 is 10.8 Å². The van der Waals surface area contributed by atoms with Crippen LogP contribution in [-0.2, 0) is 16.2 Å². The van der Waals surface area contributed by atoms with Crippen molar-refractivity contribution < 1.29 is 4.21 Å². The van der Waals surface area contributed by atoms with Gasteiger partial charge in [-0.25, -0.2) is 15.8 Å². The topological polar surface area (TPSA) is 92.9 Å². The summed E-state index contributed by atoms with van der Waals surface area (Å²) in [5, 5.41) is 3.41. The van der Waals surface area contributed by atoms with Crippen molar-refractivity contribution in [2.45, 2.75) is 45.1 Å². The zero-order valence-electron chi connectivity index (χ0n) is 12.3. The van der Waals surface area contributed by atoms with Gasteiger partial charge in [-0.3, -0.25) is 4.21 Å². The van der Waals surface area contributed by atoms with E-state index in [2.05, 4.69) is 41.5 Å². The molecule has 1 saturated heterocycles. The molecule has 1 aromatic rings. The third kappa shape index (κ3) is 3.89. The minimum atomic E-state index is -0.648. The predicted molar refractivity (Wildman–Crippen MR) is 83.1 cm³/mol. The Hall–Kier alpha value is -1.21. The lowest BCUT2D eigenvalue weighted by Crippen LogP contribution is -2.30. The number of nitrogens with one attached hydrogen (secondary N) is 2. The molecular formula is C13H23N5OS. The zero-order chi connectivity index (χ0) is 14.8. The van der Waals surface area contributed by atoms with Gasteiger partial charge in [0, 0.05) is 39.8 Å². The van der Waals surface area contributed by atoms with Gasteiger partial charge in [-0.1, -0.05) is 20.8 Å². The minimum absolute atomic E-state index is 0.142. The maximum atomic E-state index is 11.4. The number of hydrazine groups is 1. The normalized spacial score (nSPS) is 23.4. The van der Waals surface area contributed by atoms with E-state index in [-0.39, 0.29) is 5.41 Å². The van der Waals surface area contributed by atoms with Crippen LogP contribution in [-0.4, -0.2) is 31.7 Å². The van der Waals surface area contributed by atoms with E-state index in [1.54, 1.807) is 6.07 Å². The third-order valence-electron chi connectivity index (χ3n) is 3.28. The molecule has 7 heteroatoms. The van der Waals surface area contributed by atoms with Crippen LogP contribution in [0, 0.1) is 0 Å². The Morgan fingerprint density at radius 3 is 2.40 bits per heavy atom. The summed E-state index contributed by atoms with van der Waals surface area (Å²) < 4.78 is 11.4. The van der Waals surface area contributed by atoms with E-state index >= 15 is 0 Å². The number of anilines is 2. The smallest absolute Gasteiger partial charge is 0.145 e. The fraction of sp³-hybridized carbons (Fsp3) is 0.692. The summed E-state index contributed by atoms with van der Waals surface area (Å²) in [6.07, 6.45) is 1.82. The van der Waals surface area contributed by atoms with E-state index in [9.17, 15) is 4.21 Å². The number of rotatable bonds is 3. The molecule has 1 fully saturated rings. The van der Waals surface area contributed by atoms with Gasteiger partial charge in [0.2, 0.25) is 0 Å². The summed E-state index contributed by atoms with van der Waals surface area (Å²) in [7, 11) is -0.648. The first-order valence-corrected chi connectivity index (χ1v) is 8.35. The second kappa shape index (κ2) is 6.05. The second-order valence-corrected chi connectivity index (χ2v) is 7.82. The maximum absolute atomic E-state index is 11.4. The number of nitrogens with zero attached hydrogens (tertiary/aromatic N) is 2. The van der Waals surface area contributed by atoms with Gasteiger partial charge in [0.15, 0.2) is 0 Å². The van der Waals surface area contributed by atoms with Gasteiger partial charge in [0.25, 0.3) is 0 Å². The standard InChI is InChI=1S/C13H23N5OS/c1-13(2,3)12-16-10(8-11(17-12)18-14)15-9-4-6-20(19)7-5-9/h8-9H,4-7,14H2,1-3H3,(H2,15,16,17,18). The highest BCUT2D eigenvalue weighted by Crippen LogP contribution is 2.23. The maximum Gasteiger partial charge on any atom is 0.145 e. The molecular weight excluding hydrogens is 274 g/mol. The van der Waals surface area contributed by atoms with E-state index in [1.807, 2.05) is 0 Å². The minimum Gasteiger partial charge on any atom is -0.367 e. The van der Waals surface area contributed by atoms with Crippen LogP contribution in [0.15, 0.2) is 6.07 Å². The summed E-state index contributed by atoms with van der Waals surface area (Å²) in [5.74, 6) is 9.12. The molecule has 0 radical (unpaired) electrons. The molecule has 0 aliphatic carbocycles. The third-order valence-corrected chi connectivity index (χ3v) is 4.67. The Morgan fingerprint density at radius 1 is 1.25 bits per heavy atom. The zero-order valence-corrected chi connectivity index (χ0v) is 13.1. The Balaban J connectivity index is 2.16. The average Bonchev–Trinajstić information content (AvgIpc) is 2.40. The molecule has 1 aliphatic heterocycles. The molecule has 0 saturated carbocycles. The SMILES string of the molecule is CC(C)(C)c1nc(NN)cc(NC2CCS(=O)CC2)n1. The quantitative estimate of drug-likeness (QED) is 0.576. The molecule has 2 rings (SSSR count). The Kier molecular flexibility index (Phi) is 4.59. The molecule has 1 aliphatic rings. The van der Waals surface area contributed by atoms with Crippen LogP contribution in [0.5, 0.6) is 0 Å². The van der Waals surface area contributed by atoms with Crippen LogP contribution in [0.25, 0.3) is 0 Å². The van der Waals surface area contributed by atoms with Gasteiger partial charge >= 0.3 is 0 Å². The van der Waals surface area contributed by atoms with Crippen LogP contribution in [0.3, 0.4) is 0 Å². The van der Waals surface area contributed by atoms with Crippen LogP contribution < -0.4 is 16.6 Å². The predicted octanol–water partition coefficient (Wildman–Crippen LogP) is 1.38. The van der Waals surface area contributed by atoms with Gasteiger partial charge in [-0.05, 0) is 12.8 Å². The average molecular weight is 297 g/mol. The molecule has 0 aromatic carbocycles. The van der Waals surface area contributed by atoms with Gasteiger partial charge in [-0.2, -0.15) is 0 Å². The summed E-state index contributed by atoms with van der Waals surface area (Å²) in [4.78, 5) is 8.96. The lowest BCUT2D eigenvalue weighted by Gasteiger charge is -2.24. The summed E-state index contributed by atoms with van der Waals surface area (Å²) in [6, 6.07) is 2.13. The van der Waals surface area contributed by atoms with E-state index in [4.69, 9.17) is 5.84 Å². The van der Waals surface area contributed by atoms with Crippen molar-refractivity contribution >= 4 is 22.4 Å². The Labute approximate surface area is 122 Å². The van der Waals surface area contributed by atoms with Crippen molar-refractivity contribution in [2.24, 2.45) is 5.84 Å². The van der Waals surface area contributed by atoms with Crippen molar-refractivity contribution in [3.63, 3.8) is 0 Å². The summed E-state index contributed by atoms with van der Waals surface area (Å²) >= 11 is 0. The van der Waals surface area contributed by atoms with Crippen molar-refractivity contribution in [3.8, 4) is 0 Å². The number of hydrogen-bond acceptors (Lipinski definition) is 6. The first-order valence-electron chi connectivity index (χ1n) is 6.86. The number of nitrogens with two attached hydrogens (primary N) is 1. The molecule has 4 N–H and O–H groups in total. The van der Waals surface area contributed by atoms with E-state index in [1.165, 1.54) is 0 Å². The lowest BCUT2D eigenvalue weighted by atomic mass is 9.96. The van der Waals surface area contributed by atoms with Gasteiger partial charge in [-0.15, -0.1) is 0 Å². The number of nitrogen functional groups attached to an aromatic ring is 1. The molecule has 0 amide bonds.